The van der Waals surface area contributed by atoms with Crippen LogP contribution in [0, 0.1) is 20.8 Å². The van der Waals surface area contributed by atoms with Crippen LogP contribution in [0.15, 0.2) is 28.7 Å². The van der Waals surface area contributed by atoms with Crippen molar-refractivity contribution in [2.24, 2.45) is 0 Å². The van der Waals surface area contributed by atoms with Gasteiger partial charge in [-0.1, -0.05) is 12.1 Å². The van der Waals surface area contributed by atoms with Crippen LogP contribution in [-0.4, -0.2) is 11.7 Å². The van der Waals surface area contributed by atoms with E-state index in [9.17, 15) is 9.59 Å². The van der Waals surface area contributed by atoms with Gasteiger partial charge in [-0.15, -0.1) is 0 Å². The highest BCUT2D eigenvalue weighted by atomic mass is 16.3. The monoisotopic (exact) mass is 271 g/mol. The molecule has 1 heterocycles. The van der Waals surface area contributed by atoms with Crippen molar-refractivity contribution in [1.82, 2.24) is 0 Å². The average molecular weight is 271 g/mol. The number of ketones is 1. The van der Waals surface area contributed by atoms with E-state index in [0.717, 1.165) is 11.3 Å². The highest BCUT2D eigenvalue weighted by Gasteiger charge is 2.19. The molecule has 1 aromatic carbocycles. The molecular weight excluding hydrogens is 254 g/mol. The summed E-state index contributed by atoms with van der Waals surface area (Å²) < 4.78 is 5.45. The Balaban J connectivity index is 2.36. The first-order valence-electron chi connectivity index (χ1n) is 6.39. The van der Waals surface area contributed by atoms with Gasteiger partial charge in [-0.3, -0.25) is 9.59 Å². The van der Waals surface area contributed by atoms with Crippen molar-refractivity contribution in [2.45, 2.75) is 27.7 Å². The Morgan fingerprint density at radius 3 is 2.25 bits per heavy atom. The minimum atomic E-state index is -0.259. The van der Waals surface area contributed by atoms with Crippen LogP contribution < -0.4 is 5.32 Å². The van der Waals surface area contributed by atoms with E-state index < -0.39 is 0 Å². The van der Waals surface area contributed by atoms with Gasteiger partial charge in [0.05, 0.1) is 11.3 Å². The number of rotatable bonds is 3. The van der Waals surface area contributed by atoms with Gasteiger partial charge >= 0.3 is 0 Å². The fourth-order valence-electron chi connectivity index (χ4n) is 2.21. The molecule has 104 valence electrons. The maximum absolute atomic E-state index is 12.4. The number of carbonyl (C=O) groups is 2. The predicted octanol–water partition coefficient (Wildman–Crippen LogP) is 3.66. The molecule has 0 saturated heterocycles. The van der Waals surface area contributed by atoms with E-state index in [0.29, 0.717) is 22.6 Å². The third-order valence-electron chi connectivity index (χ3n) is 3.34. The highest BCUT2D eigenvalue weighted by molar-refractivity contribution is 6.10. The van der Waals surface area contributed by atoms with Crippen LogP contribution in [0.25, 0.3) is 0 Å². The molecule has 0 aliphatic rings. The molecule has 1 amide bonds. The largest absolute Gasteiger partial charge is 0.466 e. The highest BCUT2D eigenvalue weighted by Crippen LogP contribution is 2.23. The molecule has 4 nitrogen and oxygen atoms in total. The fourth-order valence-corrected chi connectivity index (χ4v) is 2.21. The van der Waals surface area contributed by atoms with Crippen molar-refractivity contribution in [3.8, 4) is 0 Å². The Bertz CT molecular complexity index is 683. The van der Waals surface area contributed by atoms with Gasteiger partial charge < -0.3 is 9.73 Å². The van der Waals surface area contributed by atoms with Gasteiger partial charge in [0.15, 0.2) is 5.78 Å². The topological polar surface area (TPSA) is 59.3 Å². The lowest BCUT2D eigenvalue weighted by Gasteiger charge is -2.09. The lowest BCUT2D eigenvalue weighted by atomic mass is 10.1. The molecule has 0 atom stereocenters. The SMILES string of the molecule is CC(=O)c1ccccc1NC(=O)c1c(C)oc(C)c1C. The van der Waals surface area contributed by atoms with E-state index >= 15 is 0 Å². The van der Waals surface area contributed by atoms with Crippen LogP contribution in [0.5, 0.6) is 0 Å². The van der Waals surface area contributed by atoms with Crippen LogP contribution in [-0.2, 0) is 0 Å². The van der Waals surface area contributed by atoms with E-state index in [1.165, 1.54) is 6.92 Å². The summed E-state index contributed by atoms with van der Waals surface area (Å²) >= 11 is 0. The molecule has 20 heavy (non-hydrogen) atoms. The van der Waals surface area contributed by atoms with Crippen LogP contribution in [0.3, 0.4) is 0 Å². The standard InChI is InChI=1S/C16H17NO3/c1-9-11(3)20-12(4)15(9)16(19)17-14-8-6-5-7-13(14)10(2)18/h5-8H,1-4H3,(H,17,19). The first-order chi connectivity index (χ1) is 9.41. The van der Waals surface area contributed by atoms with Crippen LogP contribution >= 0.6 is 0 Å². The Morgan fingerprint density at radius 1 is 1.05 bits per heavy atom. The molecule has 0 unspecified atom stereocenters. The molecule has 2 rings (SSSR count). The third-order valence-corrected chi connectivity index (χ3v) is 3.34. The van der Waals surface area contributed by atoms with Crippen LogP contribution in [0.2, 0.25) is 0 Å². The van der Waals surface area contributed by atoms with Crippen molar-refractivity contribution in [3.63, 3.8) is 0 Å². The number of benzene rings is 1. The Kier molecular flexibility index (Phi) is 3.74. The number of hydrogen-bond acceptors (Lipinski definition) is 3. The molecular formula is C16H17NO3. The Labute approximate surface area is 117 Å². The van der Waals surface area contributed by atoms with Crippen molar-refractivity contribution >= 4 is 17.4 Å². The van der Waals surface area contributed by atoms with Gasteiger partial charge in [0.25, 0.3) is 5.91 Å². The van der Waals surface area contributed by atoms with Crippen molar-refractivity contribution in [2.75, 3.05) is 5.32 Å². The maximum atomic E-state index is 12.4. The molecule has 0 spiro atoms. The minimum absolute atomic E-state index is 0.0854. The van der Waals surface area contributed by atoms with E-state index in [4.69, 9.17) is 4.42 Å². The first kappa shape index (κ1) is 14.1. The molecule has 1 aromatic heterocycles. The number of hydrogen-bond donors (Lipinski definition) is 1. The number of aryl methyl sites for hydroxylation is 2. The van der Waals surface area contributed by atoms with Gasteiger partial charge in [-0.25, -0.2) is 0 Å². The van der Waals surface area contributed by atoms with Gasteiger partial charge in [0.2, 0.25) is 0 Å². The van der Waals surface area contributed by atoms with Crippen molar-refractivity contribution in [1.29, 1.82) is 0 Å². The fraction of sp³-hybridized carbons (Fsp3) is 0.250. The second kappa shape index (κ2) is 5.33. The summed E-state index contributed by atoms with van der Waals surface area (Å²) in [5.41, 5.74) is 2.36. The number of anilines is 1. The normalized spacial score (nSPS) is 10.4. The summed E-state index contributed by atoms with van der Waals surface area (Å²) in [5, 5.41) is 2.78. The zero-order valence-corrected chi connectivity index (χ0v) is 12.0. The van der Waals surface area contributed by atoms with Crippen molar-refractivity contribution < 1.29 is 14.0 Å². The zero-order valence-electron chi connectivity index (χ0n) is 12.0. The molecule has 1 N–H and O–H groups in total. The van der Waals surface area contributed by atoms with Gasteiger partial charge in [-0.05, 0) is 39.8 Å². The molecule has 0 saturated carbocycles. The molecule has 0 fully saturated rings. The smallest absolute Gasteiger partial charge is 0.259 e. The van der Waals surface area contributed by atoms with Crippen LogP contribution in [0.4, 0.5) is 5.69 Å². The molecule has 4 heteroatoms. The molecule has 0 radical (unpaired) electrons. The number of amides is 1. The second-order valence-corrected chi connectivity index (χ2v) is 4.77. The summed E-state index contributed by atoms with van der Waals surface area (Å²) in [6, 6.07) is 6.96. The minimum Gasteiger partial charge on any atom is -0.466 e. The van der Waals surface area contributed by atoms with E-state index in [1.807, 2.05) is 13.8 Å². The predicted molar refractivity (Wildman–Crippen MR) is 77.3 cm³/mol. The van der Waals surface area contributed by atoms with Gasteiger partial charge in [-0.2, -0.15) is 0 Å². The van der Waals surface area contributed by atoms with E-state index in [1.54, 1.807) is 31.2 Å². The Hall–Kier alpha value is -2.36. The van der Waals surface area contributed by atoms with Crippen LogP contribution in [0.1, 0.15) is 44.7 Å². The first-order valence-corrected chi connectivity index (χ1v) is 6.39. The summed E-state index contributed by atoms with van der Waals surface area (Å²) in [6.07, 6.45) is 0. The summed E-state index contributed by atoms with van der Waals surface area (Å²) in [5.74, 6) is 0.966. The van der Waals surface area contributed by atoms with E-state index in [2.05, 4.69) is 5.32 Å². The quantitative estimate of drug-likeness (QED) is 0.867. The second-order valence-electron chi connectivity index (χ2n) is 4.77. The maximum Gasteiger partial charge on any atom is 0.259 e. The molecule has 0 aliphatic heterocycles. The number of para-hydroxylation sites is 1. The third kappa shape index (κ3) is 2.50. The number of furan rings is 1. The average Bonchev–Trinajstić information content (AvgIpc) is 2.63. The van der Waals surface area contributed by atoms with Crippen molar-refractivity contribution in [3.05, 3.63) is 52.5 Å². The number of nitrogens with one attached hydrogen (secondary N) is 1. The lowest BCUT2D eigenvalue weighted by Crippen LogP contribution is -2.15. The van der Waals surface area contributed by atoms with Gasteiger partial charge in [0, 0.05) is 11.1 Å². The summed E-state index contributed by atoms with van der Waals surface area (Å²) in [4.78, 5) is 23.9. The van der Waals surface area contributed by atoms with Gasteiger partial charge in [0.1, 0.15) is 11.5 Å². The lowest BCUT2D eigenvalue weighted by molar-refractivity contribution is 0.101. The van der Waals surface area contributed by atoms with E-state index in [-0.39, 0.29) is 11.7 Å². The summed E-state index contributed by atoms with van der Waals surface area (Å²) in [7, 11) is 0. The molecule has 0 aliphatic carbocycles. The zero-order chi connectivity index (χ0) is 14.9. The number of carbonyl (C=O) groups excluding carboxylic acids is 2. The molecule has 2 aromatic rings. The number of Topliss-reactive ketones (excluding diaryl/α,β-unsaturated/α-hetero) is 1. The summed E-state index contributed by atoms with van der Waals surface area (Å²) in [6.45, 7) is 6.90. The Morgan fingerprint density at radius 2 is 1.70 bits per heavy atom. The molecule has 0 bridgehead atoms.